The molecule has 1 heterocycles. The van der Waals surface area contributed by atoms with Crippen LogP contribution < -0.4 is 0 Å². The number of halogens is 3. The number of hydrogen-bond donors (Lipinski definition) is 0. The van der Waals surface area contributed by atoms with Crippen LogP contribution in [0.1, 0.15) is 30.9 Å². The van der Waals surface area contributed by atoms with Crippen LogP contribution >= 0.6 is 23.2 Å². The lowest BCUT2D eigenvalue weighted by Gasteiger charge is -2.10. The van der Waals surface area contributed by atoms with Crippen molar-refractivity contribution in [1.29, 1.82) is 0 Å². The molecule has 0 fully saturated rings. The minimum absolute atomic E-state index is 0.0333. The molecule has 0 saturated carbocycles. The van der Waals surface area contributed by atoms with E-state index in [-0.39, 0.29) is 23.5 Å². The van der Waals surface area contributed by atoms with Crippen molar-refractivity contribution < 1.29 is 13.9 Å². The van der Waals surface area contributed by atoms with Gasteiger partial charge in [0.05, 0.1) is 24.6 Å². The van der Waals surface area contributed by atoms with E-state index < -0.39 is 5.82 Å². The first-order chi connectivity index (χ1) is 9.99. The van der Waals surface area contributed by atoms with Crippen LogP contribution in [0.4, 0.5) is 4.39 Å². The van der Waals surface area contributed by atoms with Gasteiger partial charge in [0.1, 0.15) is 11.0 Å². The summed E-state index contributed by atoms with van der Waals surface area (Å²) in [6.07, 6.45) is 3.26. The maximum absolute atomic E-state index is 13.2. The number of hydrogen-bond acceptors (Lipinski definition) is 3. The summed E-state index contributed by atoms with van der Waals surface area (Å²) < 4.78 is 17.9. The zero-order chi connectivity index (χ0) is 15.4. The van der Waals surface area contributed by atoms with Gasteiger partial charge >= 0.3 is 5.97 Å². The van der Waals surface area contributed by atoms with Gasteiger partial charge in [-0.05, 0) is 24.1 Å². The summed E-state index contributed by atoms with van der Waals surface area (Å²) in [7, 11) is 1.35. The number of carbonyl (C=O) groups excluding carboxylic acids is 1. The molecule has 1 aromatic carbocycles. The molecule has 0 saturated heterocycles. The molecule has 0 amide bonds. The second-order valence-corrected chi connectivity index (χ2v) is 5.55. The molecule has 0 aromatic heterocycles. The normalized spacial score (nSPS) is 18.6. The molecule has 6 heteroatoms. The third kappa shape index (κ3) is 4.29. The number of rotatable bonds is 3. The molecular weight excluding hydrogens is 316 g/mol. The van der Waals surface area contributed by atoms with Gasteiger partial charge < -0.3 is 4.74 Å². The first-order valence-corrected chi connectivity index (χ1v) is 7.18. The van der Waals surface area contributed by atoms with Crippen molar-refractivity contribution in [3.05, 3.63) is 46.3 Å². The Kier molecular flexibility index (Phi) is 5.37. The number of methoxy groups -OCH3 is 1. The van der Waals surface area contributed by atoms with Gasteiger partial charge in [-0.2, -0.15) is 0 Å². The van der Waals surface area contributed by atoms with Crippen LogP contribution in [0.2, 0.25) is 5.02 Å². The maximum Gasteiger partial charge on any atom is 0.309 e. The standard InChI is InChI=1S/C15H14Cl2FNO2/c1-21-15(20)7-9-2-5-14(17)19-13(6-9)10-3-4-12(18)11(16)8-10/h3-4,6,8,13H,2,5,7H2,1H3. The summed E-state index contributed by atoms with van der Waals surface area (Å²) in [6, 6.07) is 4.04. The summed E-state index contributed by atoms with van der Waals surface area (Å²) in [4.78, 5) is 15.8. The molecule has 1 aliphatic heterocycles. The van der Waals surface area contributed by atoms with Gasteiger partial charge in [0.15, 0.2) is 0 Å². The predicted molar refractivity (Wildman–Crippen MR) is 81.4 cm³/mol. The SMILES string of the molecule is COC(=O)CC1=CC(c2ccc(F)c(Cl)c2)N=C(Cl)CC1. The van der Waals surface area contributed by atoms with E-state index in [0.717, 1.165) is 11.1 Å². The highest BCUT2D eigenvalue weighted by molar-refractivity contribution is 6.65. The van der Waals surface area contributed by atoms with Crippen LogP contribution in [0.3, 0.4) is 0 Å². The van der Waals surface area contributed by atoms with Gasteiger partial charge in [-0.25, -0.2) is 4.39 Å². The van der Waals surface area contributed by atoms with Gasteiger partial charge in [0.2, 0.25) is 0 Å². The van der Waals surface area contributed by atoms with E-state index in [1.807, 2.05) is 6.08 Å². The zero-order valence-corrected chi connectivity index (χ0v) is 12.9. The van der Waals surface area contributed by atoms with Crippen molar-refractivity contribution in [3.63, 3.8) is 0 Å². The molecule has 0 aliphatic carbocycles. The van der Waals surface area contributed by atoms with Crippen molar-refractivity contribution in [2.45, 2.75) is 25.3 Å². The average molecular weight is 330 g/mol. The molecule has 0 bridgehead atoms. The molecule has 2 rings (SSSR count). The topological polar surface area (TPSA) is 38.7 Å². The fourth-order valence-electron chi connectivity index (χ4n) is 2.10. The monoisotopic (exact) mass is 329 g/mol. The van der Waals surface area contributed by atoms with Gasteiger partial charge in [0.25, 0.3) is 0 Å². The second-order valence-electron chi connectivity index (χ2n) is 4.70. The summed E-state index contributed by atoms with van der Waals surface area (Å²) in [5, 5.41) is 0.502. The highest BCUT2D eigenvalue weighted by Gasteiger charge is 2.17. The summed E-state index contributed by atoms with van der Waals surface area (Å²) >= 11 is 11.9. The summed E-state index contributed by atoms with van der Waals surface area (Å²) in [5.74, 6) is -0.793. The smallest absolute Gasteiger partial charge is 0.309 e. The number of esters is 1. The highest BCUT2D eigenvalue weighted by atomic mass is 35.5. The van der Waals surface area contributed by atoms with E-state index in [0.29, 0.717) is 18.0 Å². The number of ether oxygens (including phenoxy) is 1. The first-order valence-electron chi connectivity index (χ1n) is 6.43. The molecule has 21 heavy (non-hydrogen) atoms. The maximum atomic E-state index is 13.2. The predicted octanol–water partition coefficient (Wildman–Crippen LogP) is 4.44. The van der Waals surface area contributed by atoms with E-state index in [1.54, 1.807) is 6.07 Å². The van der Waals surface area contributed by atoms with Gasteiger partial charge in [0, 0.05) is 6.42 Å². The lowest BCUT2D eigenvalue weighted by Crippen LogP contribution is -2.03. The van der Waals surface area contributed by atoms with E-state index in [2.05, 4.69) is 9.73 Å². The first kappa shape index (κ1) is 16.0. The summed E-state index contributed by atoms with van der Waals surface area (Å²) in [6.45, 7) is 0. The minimum Gasteiger partial charge on any atom is -0.469 e. The lowest BCUT2D eigenvalue weighted by atomic mass is 10.0. The molecule has 1 aliphatic rings. The Morgan fingerprint density at radius 3 is 2.86 bits per heavy atom. The van der Waals surface area contributed by atoms with E-state index >= 15 is 0 Å². The molecule has 112 valence electrons. The molecule has 3 nitrogen and oxygen atoms in total. The van der Waals surface area contributed by atoms with Crippen molar-refractivity contribution in [1.82, 2.24) is 0 Å². The van der Waals surface area contributed by atoms with Crippen molar-refractivity contribution in [3.8, 4) is 0 Å². The van der Waals surface area contributed by atoms with Crippen LogP contribution in [0, 0.1) is 5.82 Å². The molecule has 1 unspecified atom stereocenters. The third-order valence-electron chi connectivity index (χ3n) is 3.21. The van der Waals surface area contributed by atoms with Gasteiger partial charge in [-0.3, -0.25) is 9.79 Å². The Hall–Kier alpha value is -1.39. The Labute approximate surface area is 132 Å². The Morgan fingerprint density at radius 2 is 2.19 bits per heavy atom. The van der Waals surface area contributed by atoms with Crippen LogP contribution in [-0.2, 0) is 9.53 Å². The largest absolute Gasteiger partial charge is 0.469 e. The Morgan fingerprint density at radius 1 is 1.43 bits per heavy atom. The Bertz CT molecular complexity index is 614. The number of carbonyl (C=O) groups is 1. The van der Waals surface area contributed by atoms with Crippen molar-refractivity contribution in [2.24, 2.45) is 4.99 Å². The third-order valence-corrected chi connectivity index (χ3v) is 3.79. The number of aliphatic imine (C=N–C) groups is 1. The average Bonchev–Trinajstić information content (AvgIpc) is 2.64. The van der Waals surface area contributed by atoms with Crippen LogP contribution in [0.5, 0.6) is 0 Å². The molecule has 0 radical (unpaired) electrons. The summed E-state index contributed by atoms with van der Waals surface area (Å²) in [5.41, 5.74) is 1.62. The quantitative estimate of drug-likeness (QED) is 0.607. The second kappa shape index (κ2) is 7.05. The zero-order valence-electron chi connectivity index (χ0n) is 11.4. The fourth-order valence-corrected chi connectivity index (χ4v) is 2.48. The van der Waals surface area contributed by atoms with Gasteiger partial charge in [-0.15, -0.1) is 0 Å². The molecule has 1 aromatic rings. The van der Waals surface area contributed by atoms with Gasteiger partial charge in [-0.1, -0.05) is 40.9 Å². The Balaban J connectivity index is 2.31. The van der Waals surface area contributed by atoms with E-state index in [4.69, 9.17) is 23.2 Å². The lowest BCUT2D eigenvalue weighted by molar-refractivity contribution is -0.139. The highest BCUT2D eigenvalue weighted by Crippen LogP contribution is 2.30. The van der Waals surface area contributed by atoms with Crippen LogP contribution in [0.25, 0.3) is 0 Å². The van der Waals surface area contributed by atoms with Crippen LogP contribution in [-0.4, -0.2) is 18.2 Å². The molecule has 1 atom stereocenters. The van der Waals surface area contributed by atoms with Crippen molar-refractivity contribution in [2.75, 3.05) is 7.11 Å². The fraction of sp³-hybridized carbons (Fsp3) is 0.333. The number of nitrogens with zero attached hydrogens (tertiary/aromatic N) is 1. The minimum atomic E-state index is -0.483. The molecule has 0 N–H and O–H groups in total. The number of benzene rings is 1. The van der Waals surface area contributed by atoms with Crippen molar-refractivity contribution >= 4 is 34.3 Å². The molecule has 0 spiro atoms. The van der Waals surface area contributed by atoms with E-state index in [9.17, 15) is 9.18 Å². The van der Waals surface area contributed by atoms with E-state index in [1.165, 1.54) is 19.2 Å². The van der Waals surface area contributed by atoms with Crippen LogP contribution in [0.15, 0.2) is 34.8 Å². The molecular formula is C15H14Cl2FNO2.